The summed E-state index contributed by atoms with van der Waals surface area (Å²) in [4.78, 5) is 12.4. The maximum Gasteiger partial charge on any atom is 0.416 e. The highest BCUT2D eigenvalue weighted by molar-refractivity contribution is 5.79. The van der Waals surface area contributed by atoms with Gasteiger partial charge in [0, 0.05) is 5.92 Å². The van der Waals surface area contributed by atoms with E-state index in [0.29, 0.717) is 5.56 Å². The normalized spacial score (nSPS) is 13.9. The Morgan fingerprint density at radius 3 is 2.19 bits per heavy atom. The molecule has 0 unspecified atom stereocenters. The summed E-state index contributed by atoms with van der Waals surface area (Å²) in [7, 11) is 0. The Morgan fingerprint density at radius 2 is 1.59 bits per heavy atom. The molecule has 166 valence electrons. The van der Waals surface area contributed by atoms with Crippen molar-refractivity contribution in [3.05, 3.63) is 95.1 Å². The van der Waals surface area contributed by atoms with Gasteiger partial charge in [-0.05, 0) is 40.3 Å². The van der Waals surface area contributed by atoms with Crippen LogP contribution >= 0.6 is 0 Å². The molecule has 0 saturated carbocycles. The van der Waals surface area contributed by atoms with E-state index in [1.807, 2.05) is 48.5 Å². The molecule has 0 saturated heterocycles. The summed E-state index contributed by atoms with van der Waals surface area (Å²) in [5, 5.41) is 12.2. The minimum atomic E-state index is -4.45. The lowest BCUT2D eigenvalue weighted by Crippen LogP contribution is -2.39. The molecule has 1 atom stereocenters. The summed E-state index contributed by atoms with van der Waals surface area (Å²) in [6.45, 7) is -0.317. The molecule has 4 nitrogen and oxygen atoms in total. The van der Waals surface area contributed by atoms with Crippen LogP contribution in [0.1, 0.15) is 28.2 Å². The lowest BCUT2D eigenvalue weighted by atomic mass is 9.98. The van der Waals surface area contributed by atoms with E-state index >= 15 is 0 Å². The number of aliphatic hydroxyl groups excluding tert-OH is 1. The fraction of sp³-hybridized carbons (Fsp3) is 0.240. The minimum Gasteiger partial charge on any atom is -0.449 e. The van der Waals surface area contributed by atoms with Crippen LogP contribution in [-0.2, 0) is 17.3 Å². The molecule has 1 amide bonds. The smallest absolute Gasteiger partial charge is 0.416 e. The maximum absolute atomic E-state index is 12.9. The Kier molecular flexibility index (Phi) is 6.19. The highest BCUT2D eigenvalue weighted by Crippen LogP contribution is 2.44. The molecular weight excluding hydrogens is 419 g/mol. The number of nitrogens with one attached hydrogen (secondary N) is 1. The third kappa shape index (κ3) is 4.62. The van der Waals surface area contributed by atoms with E-state index in [1.165, 1.54) is 12.1 Å². The van der Waals surface area contributed by atoms with Gasteiger partial charge in [0.15, 0.2) is 0 Å². The fourth-order valence-corrected chi connectivity index (χ4v) is 4.13. The largest absolute Gasteiger partial charge is 0.449 e. The molecule has 1 aliphatic carbocycles. The molecule has 0 aliphatic heterocycles. The van der Waals surface area contributed by atoms with E-state index in [-0.39, 0.29) is 18.9 Å². The number of ether oxygens (including phenoxy) is 1. The van der Waals surface area contributed by atoms with Crippen LogP contribution < -0.4 is 5.32 Å². The number of hydrogen-bond donors (Lipinski definition) is 2. The molecule has 0 radical (unpaired) electrons. The highest BCUT2D eigenvalue weighted by Gasteiger charge is 2.31. The molecule has 1 aliphatic rings. The number of benzene rings is 3. The van der Waals surface area contributed by atoms with Crippen molar-refractivity contribution in [1.29, 1.82) is 0 Å². The van der Waals surface area contributed by atoms with Crippen molar-refractivity contribution < 1.29 is 27.8 Å². The first-order valence-corrected chi connectivity index (χ1v) is 10.3. The second-order valence-electron chi connectivity index (χ2n) is 7.75. The first-order chi connectivity index (χ1) is 15.4. The number of halogens is 3. The summed E-state index contributed by atoms with van der Waals surface area (Å²) < 4.78 is 44.2. The number of aliphatic hydroxyl groups is 1. The van der Waals surface area contributed by atoms with Crippen molar-refractivity contribution in [3.8, 4) is 11.1 Å². The van der Waals surface area contributed by atoms with Gasteiger partial charge in [0.25, 0.3) is 0 Å². The van der Waals surface area contributed by atoms with Gasteiger partial charge in [-0.1, -0.05) is 66.7 Å². The number of carbonyl (C=O) groups excluding carboxylic acids is 1. The first-order valence-electron chi connectivity index (χ1n) is 10.3. The van der Waals surface area contributed by atoms with E-state index in [1.54, 1.807) is 0 Å². The van der Waals surface area contributed by atoms with E-state index in [0.717, 1.165) is 34.4 Å². The van der Waals surface area contributed by atoms with Crippen molar-refractivity contribution in [2.75, 3.05) is 13.2 Å². The Balaban J connectivity index is 1.40. The molecule has 0 bridgehead atoms. The lowest BCUT2D eigenvalue weighted by molar-refractivity contribution is -0.137. The Bertz CT molecular complexity index is 1070. The molecule has 32 heavy (non-hydrogen) atoms. The van der Waals surface area contributed by atoms with Crippen LogP contribution in [0, 0.1) is 0 Å². The number of carbonyl (C=O) groups is 1. The predicted molar refractivity (Wildman–Crippen MR) is 114 cm³/mol. The molecule has 0 fully saturated rings. The topological polar surface area (TPSA) is 58.6 Å². The van der Waals surface area contributed by atoms with Crippen molar-refractivity contribution >= 4 is 6.09 Å². The quantitative estimate of drug-likeness (QED) is 0.557. The van der Waals surface area contributed by atoms with Gasteiger partial charge < -0.3 is 15.2 Å². The number of hydrogen-bond acceptors (Lipinski definition) is 3. The van der Waals surface area contributed by atoms with Gasteiger partial charge in [-0.3, -0.25) is 0 Å². The fourth-order valence-electron chi connectivity index (χ4n) is 4.13. The Hall–Kier alpha value is -3.32. The molecule has 0 aromatic heterocycles. The number of amides is 1. The average molecular weight is 441 g/mol. The molecule has 7 heteroatoms. The molecule has 3 aromatic rings. The summed E-state index contributed by atoms with van der Waals surface area (Å²) in [6, 6.07) is 19.9. The molecule has 4 rings (SSSR count). The predicted octanol–water partition coefficient (Wildman–Crippen LogP) is 5.15. The number of alkyl carbamates (subject to hydrolysis) is 1. The summed E-state index contributed by atoms with van der Waals surface area (Å²) in [5.41, 5.74) is 3.95. The van der Waals surface area contributed by atoms with Crippen LogP contribution in [-0.4, -0.2) is 30.5 Å². The zero-order valence-corrected chi connectivity index (χ0v) is 17.1. The molecule has 3 aromatic carbocycles. The number of fused-ring (bicyclic) bond motifs is 3. The van der Waals surface area contributed by atoms with Gasteiger partial charge in [0.05, 0.1) is 18.2 Å². The molecule has 0 spiro atoms. The van der Waals surface area contributed by atoms with Crippen LogP contribution in [0.4, 0.5) is 18.0 Å². The van der Waals surface area contributed by atoms with Gasteiger partial charge in [0.1, 0.15) is 6.61 Å². The number of rotatable bonds is 6. The third-order valence-corrected chi connectivity index (χ3v) is 5.62. The second-order valence-corrected chi connectivity index (χ2v) is 7.75. The lowest BCUT2D eigenvalue weighted by Gasteiger charge is -2.19. The monoisotopic (exact) mass is 441 g/mol. The second kappa shape index (κ2) is 9.04. The maximum atomic E-state index is 12.9. The van der Waals surface area contributed by atoms with E-state index in [2.05, 4.69) is 5.32 Å². The molecular formula is C25H22F3NO3. The number of alkyl halides is 3. The van der Waals surface area contributed by atoms with Crippen LogP contribution in [0.5, 0.6) is 0 Å². The first kappa shape index (κ1) is 21.9. The van der Waals surface area contributed by atoms with Crippen molar-refractivity contribution in [2.45, 2.75) is 24.6 Å². The van der Waals surface area contributed by atoms with E-state index < -0.39 is 30.5 Å². The molecule has 0 heterocycles. The zero-order valence-electron chi connectivity index (χ0n) is 17.1. The SMILES string of the molecule is O=C(N[C@H](CO)Cc1cccc(C(F)(F)F)c1)OCC1c2ccccc2-c2ccccc21. The van der Waals surface area contributed by atoms with E-state index in [9.17, 15) is 23.1 Å². The van der Waals surface area contributed by atoms with Crippen LogP contribution in [0.3, 0.4) is 0 Å². The highest BCUT2D eigenvalue weighted by atomic mass is 19.4. The van der Waals surface area contributed by atoms with Gasteiger partial charge >= 0.3 is 12.3 Å². The van der Waals surface area contributed by atoms with Gasteiger partial charge in [-0.25, -0.2) is 4.79 Å². The van der Waals surface area contributed by atoms with Crippen molar-refractivity contribution in [3.63, 3.8) is 0 Å². The van der Waals surface area contributed by atoms with Crippen molar-refractivity contribution in [1.82, 2.24) is 5.32 Å². The summed E-state index contributed by atoms with van der Waals surface area (Å²) >= 11 is 0. The zero-order chi connectivity index (χ0) is 22.7. The van der Waals surface area contributed by atoms with Crippen LogP contribution in [0.15, 0.2) is 72.8 Å². The van der Waals surface area contributed by atoms with Crippen molar-refractivity contribution in [2.24, 2.45) is 0 Å². The molecule has 2 N–H and O–H groups in total. The summed E-state index contributed by atoms with van der Waals surface area (Å²) in [6.07, 6.45) is -5.13. The van der Waals surface area contributed by atoms with E-state index in [4.69, 9.17) is 4.74 Å². The van der Waals surface area contributed by atoms with Gasteiger partial charge in [-0.2, -0.15) is 13.2 Å². The van der Waals surface area contributed by atoms with Gasteiger partial charge in [-0.15, -0.1) is 0 Å². The van der Waals surface area contributed by atoms with Gasteiger partial charge in [0.2, 0.25) is 0 Å². The minimum absolute atomic E-state index is 0.0462. The Morgan fingerprint density at radius 1 is 0.969 bits per heavy atom. The van der Waals surface area contributed by atoms with Crippen LogP contribution in [0.25, 0.3) is 11.1 Å². The van der Waals surface area contributed by atoms with Crippen LogP contribution in [0.2, 0.25) is 0 Å². The Labute approximate surface area is 183 Å². The third-order valence-electron chi connectivity index (χ3n) is 5.62. The average Bonchev–Trinajstić information content (AvgIpc) is 3.10. The standard InChI is InChI=1S/C25H22F3NO3/c26-25(27,28)17-7-5-6-16(12-17)13-18(14-30)29-24(31)32-15-23-21-10-3-1-8-19(21)20-9-2-4-11-22(20)23/h1-12,18,23,30H,13-15H2,(H,29,31)/t18-/m0/s1. The summed E-state index contributed by atoms with van der Waals surface area (Å²) in [5.74, 6) is -0.107.